The summed E-state index contributed by atoms with van der Waals surface area (Å²) in [5.74, 6) is 0.554. The first kappa shape index (κ1) is 21.3. The third-order valence-electron chi connectivity index (χ3n) is 6.06. The normalized spacial score (nSPS) is 21.9. The lowest BCUT2D eigenvalue weighted by atomic mass is 10.0. The molecule has 33 heavy (non-hydrogen) atoms. The summed E-state index contributed by atoms with van der Waals surface area (Å²) in [5.41, 5.74) is 0.740. The summed E-state index contributed by atoms with van der Waals surface area (Å²) < 4.78 is 44.3. The first-order chi connectivity index (χ1) is 15.8. The van der Waals surface area contributed by atoms with Crippen molar-refractivity contribution in [2.45, 2.75) is 38.1 Å². The standard InChI is InChI=1S/C23H20F3N5O2/c1-13-3-5-16(20(30-13)21-27-7-2-8-28-21)22(32)31-12-14-9-17(31)18(10-14)33-19-6-4-15(11-29-19)23(24,25)26/h2-8,11,14,17-18H,9-10,12H2,1H3/t14?,17?,18-/m0/s1. The summed E-state index contributed by atoms with van der Waals surface area (Å²) in [6, 6.07) is 7.16. The maximum Gasteiger partial charge on any atom is 0.417 e. The summed E-state index contributed by atoms with van der Waals surface area (Å²) in [4.78, 5) is 32.1. The molecule has 1 aliphatic carbocycles. The molecule has 1 amide bonds. The van der Waals surface area contributed by atoms with Crippen LogP contribution in [-0.4, -0.2) is 49.4 Å². The van der Waals surface area contributed by atoms with Gasteiger partial charge in [0.05, 0.1) is 17.2 Å². The first-order valence-corrected chi connectivity index (χ1v) is 10.6. The Labute approximate surface area is 187 Å². The van der Waals surface area contributed by atoms with Crippen molar-refractivity contribution < 1.29 is 22.7 Å². The minimum absolute atomic E-state index is 0.114. The number of alkyl halides is 3. The minimum Gasteiger partial charge on any atom is -0.472 e. The Morgan fingerprint density at radius 2 is 1.88 bits per heavy atom. The van der Waals surface area contributed by atoms with Gasteiger partial charge in [-0.2, -0.15) is 13.2 Å². The topological polar surface area (TPSA) is 81.1 Å². The summed E-state index contributed by atoms with van der Waals surface area (Å²) in [6.07, 6.45) is 0.648. The van der Waals surface area contributed by atoms with Gasteiger partial charge in [-0.15, -0.1) is 0 Å². The molecule has 170 valence electrons. The third-order valence-corrected chi connectivity index (χ3v) is 6.06. The Hall–Kier alpha value is -3.56. The number of halogens is 3. The number of carbonyl (C=O) groups excluding carboxylic acids is 1. The van der Waals surface area contributed by atoms with Gasteiger partial charge in [0.25, 0.3) is 5.91 Å². The van der Waals surface area contributed by atoms with Gasteiger partial charge in [0.1, 0.15) is 11.8 Å². The van der Waals surface area contributed by atoms with Crippen molar-refractivity contribution in [2.24, 2.45) is 5.92 Å². The highest BCUT2D eigenvalue weighted by molar-refractivity contribution is 5.99. The number of fused-ring (bicyclic) bond motifs is 2. The predicted molar refractivity (Wildman–Crippen MR) is 111 cm³/mol. The van der Waals surface area contributed by atoms with Crippen LogP contribution in [0, 0.1) is 12.8 Å². The second kappa shape index (κ2) is 8.09. The van der Waals surface area contributed by atoms with Gasteiger partial charge in [-0.1, -0.05) is 0 Å². The van der Waals surface area contributed by atoms with Crippen LogP contribution >= 0.6 is 0 Å². The second-order valence-corrected chi connectivity index (χ2v) is 8.32. The molecule has 7 nitrogen and oxygen atoms in total. The third kappa shape index (κ3) is 4.12. The zero-order valence-corrected chi connectivity index (χ0v) is 17.7. The molecule has 2 bridgehead atoms. The molecule has 1 saturated heterocycles. The number of piperidine rings is 1. The number of pyridine rings is 2. The molecule has 3 aromatic rings. The monoisotopic (exact) mass is 455 g/mol. The van der Waals surface area contributed by atoms with Crippen molar-refractivity contribution in [3.63, 3.8) is 0 Å². The summed E-state index contributed by atoms with van der Waals surface area (Å²) >= 11 is 0. The lowest BCUT2D eigenvalue weighted by Gasteiger charge is -2.33. The van der Waals surface area contributed by atoms with E-state index < -0.39 is 11.7 Å². The molecule has 0 radical (unpaired) electrons. The van der Waals surface area contributed by atoms with E-state index in [1.807, 2.05) is 6.92 Å². The van der Waals surface area contributed by atoms with Gasteiger partial charge in [-0.3, -0.25) is 4.79 Å². The van der Waals surface area contributed by atoms with Gasteiger partial charge >= 0.3 is 6.18 Å². The smallest absolute Gasteiger partial charge is 0.417 e. The fourth-order valence-electron chi connectivity index (χ4n) is 4.57. The maximum absolute atomic E-state index is 13.5. The molecule has 0 N–H and O–H groups in total. The van der Waals surface area contributed by atoms with Crippen molar-refractivity contribution >= 4 is 5.91 Å². The molecule has 3 atom stereocenters. The van der Waals surface area contributed by atoms with Crippen molar-refractivity contribution in [3.8, 4) is 17.4 Å². The predicted octanol–water partition coefficient (Wildman–Crippen LogP) is 3.94. The highest BCUT2D eigenvalue weighted by atomic mass is 19.4. The van der Waals surface area contributed by atoms with Crippen molar-refractivity contribution in [1.29, 1.82) is 0 Å². The molecule has 0 aromatic carbocycles. The minimum atomic E-state index is -4.45. The Bertz CT molecular complexity index is 1170. The Kier molecular flexibility index (Phi) is 5.22. The number of carbonyl (C=O) groups is 1. The lowest BCUT2D eigenvalue weighted by molar-refractivity contribution is -0.137. The Balaban J connectivity index is 1.37. The number of likely N-dealkylation sites (tertiary alicyclic amines) is 1. The maximum atomic E-state index is 13.5. The average Bonchev–Trinajstić information content (AvgIpc) is 3.40. The average molecular weight is 455 g/mol. The van der Waals surface area contributed by atoms with Crippen LogP contribution in [0.2, 0.25) is 0 Å². The number of hydrogen-bond donors (Lipinski definition) is 0. The fraction of sp³-hybridized carbons (Fsp3) is 0.348. The van der Waals surface area contributed by atoms with E-state index in [0.717, 1.165) is 30.8 Å². The van der Waals surface area contributed by atoms with E-state index in [1.165, 1.54) is 6.07 Å². The molecular weight excluding hydrogens is 435 g/mol. The van der Waals surface area contributed by atoms with Crippen LogP contribution in [0.5, 0.6) is 5.88 Å². The highest BCUT2D eigenvalue weighted by Crippen LogP contribution is 2.41. The van der Waals surface area contributed by atoms with Crippen LogP contribution in [0.4, 0.5) is 13.2 Å². The summed E-state index contributed by atoms with van der Waals surface area (Å²) in [6.45, 7) is 2.42. The number of ether oxygens (including phenoxy) is 1. The van der Waals surface area contributed by atoms with Crippen LogP contribution in [0.3, 0.4) is 0 Å². The largest absolute Gasteiger partial charge is 0.472 e. The van der Waals surface area contributed by atoms with Gasteiger partial charge in [-0.05, 0) is 49.9 Å². The van der Waals surface area contributed by atoms with E-state index in [4.69, 9.17) is 4.74 Å². The Morgan fingerprint density at radius 1 is 1.09 bits per heavy atom. The van der Waals surface area contributed by atoms with Crippen LogP contribution in [0.1, 0.15) is 34.5 Å². The number of rotatable bonds is 4. The SMILES string of the molecule is Cc1ccc(C(=O)N2CC3CC2[C@@H](Oc2ccc(C(F)(F)F)cn2)C3)c(-c2ncccn2)n1. The van der Waals surface area contributed by atoms with Gasteiger partial charge in [0.2, 0.25) is 5.88 Å². The van der Waals surface area contributed by atoms with E-state index in [1.54, 1.807) is 35.5 Å². The zero-order valence-electron chi connectivity index (χ0n) is 17.7. The van der Waals surface area contributed by atoms with Crippen molar-refractivity contribution in [3.05, 3.63) is 65.7 Å². The highest BCUT2D eigenvalue weighted by Gasteiger charge is 2.49. The molecule has 2 unspecified atom stereocenters. The van der Waals surface area contributed by atoms with E-state index in [2.05, 4.69) is 19.9 Å². The second-order valence-electron chi connectivity index (χ2n) is 8.32. The Morgan fingerprint density at radius 3 is 2.55 bits per heavy atom. The fourth-order valence-corrected chi connectivity index (χ4v) is 4.57. The van der Waals surface area contributed by atoms with Gasteiger partial charge < -0.3 is 9.64 Å². The van der Waals surface area contributed by atoms with E-state index in [0.29, 0.717) is 23.6 Å². The zero-order chi connectivity index (χ0) is 23.2. The van der Waals surface area contributed by atoms with Crippen LogP contribution in [0.15, 0.2) is 48.9 Å². The molecule has 1 aliphatic heterocycles. The summed E-state index contributed by atoms with van der Waals surface area (Å²) in [5, 5.41) is 0. The number of aryl methyl sites for hydroxylation is 1. The summed E-state index contributed by atoms with van der Waals surface area (Å²) in [7, 11) is 0. The molecule has 2 fully saturated rings. The number of amides is 1. The number of nitrogens with zero attached hydrogens (tertiary/aromatic N) is 5. The first-order valence-electron chi connectivity index (χ1n) is 10.6. The van der Waals surface area contributed by atoms with Crippen molar-refractivity contribution in [2.75, 3.05) is 6.54 Å². The number of hydrogen-bond acceptors (Lipinski definition) is 6. The number of aromatic nitrogens is 4. The molecule has 3 aromatic heterocycles. The molecule has 2 aliphatic rings. The van der Waals surface area contributed by atoms with Crippen LogP contribution in [-0.2, 0) is 6.18 Å². The molecule has 0 spiro atoms. The molecule has 5 rings (SSSR count). The van der Waals surface area contributed by atoms with Gasteiger partial charge in [0.15, 0.2) is 5.82 Å². The van der Waals surface area contributed by atoms with Gasteiger partial charge in [-0.25, -0.2) is 19.9 Å². The van der Waals surface area contributed by atoms with E-state index in [-0.39, 0.29) is 29.9 Å². The molecule has 4 heterocycles. The van der Waals surface area contributed by atoms with Crippen LogP contribution < -0.4 is 4.74 Å². The van der Waals surface area contributed by atoms with E-state index >= 15 is 0 Å². The van der Waals surface area contributed by atoms with Crippen molar-refractivity contribution in [1.82, 2.24) is 24.8 Å². The van der Waals surface area contributed by atoms with Gasteiger partial charge in [0, 0.05) is 36.9 Å². The molecule has 10 heteroatoms. The van der Waals surface area contributed by atoms with E-state index in [9.17, 15) is 18.0 Å². The van der Waals surface area contributed by atoms with Crippen LogP contribution in [0.25, 0.3) is 11.5 Å². The molecule has 1 saturated carbocycles. The quantitative estimate of drug-likeness (QED) is 0.593. The lowest BCUT2D eigenvalue weighted by Crippen LogP contribution is -2.47. The molecular formula is C23H20F3N5O2.